The number of allylic oxidation sites excluding steroid dienone is 8. The Labute approximate surface area is 178 Å². The van der Waals surface area contributed by atoms with Crippen LogP contribution in [0.25, 0.3) is 0 Å². The minimum Gasteiger partial charge on any atom is -0.295 e. The smallest absolute Gasteiger partial charge is 0.156 e. The second kappa shape index (κ2) is 7.40. The topological polar surface area (TPSA) is 17.1 Å². The third-order valence-electron chi connectivity index (χ3n) is 9.39. The summed E-state index contributed by atoms with van der Waals surface area (Å²) in [6.07, 6.45) is 18.5. The molecule has 0 saturated heterocycles. The molecular formula is C28H40O. The van der Waals surface area contributed by atoms with E-state index >= 15 is 0 Å². The normalized spacial score (nSPS) is 38.7. The fourth-order valence-corrected chi connectivity index (χ4v) is 6.92. The maximum atomic E-state index is 12.0. The molecule has 0 aliphatic heterocycles. The van der Waals surface area contributed by atoms with Crippen molar-refractivity contribution in [2.45, 2.75) is 80.1 Å². The van der Waals surface area contributed by atoms with E-state index in [1.165, 1.54) is 31.3 Å². The minimum atomic E-state index is 0.107. The summed E-state index contributed by atoms with van der Waals surface area (Å²) < 4.78 is 0. The van der Waals surface area contributed by atoms with Gasteiger partial charge in [-0.2, -0.15) is 0 Å². The van der Waals surface area contributed by atoms with E-state index < -0.39 is 0 Å². The zero-order valence-electron chi connectivity index (χ0n) is 19.4. The van der Waals surface area contributed by atoms with Gasteiger partial charge in [0.1, 0.15) is 0 Å². The first-order chi connectivity index (χ1) is 13.7. The Balaban J connectivity index is 1.61. The molecule has 0 radical (unpaired) electrons. The molecule has 4 aliphatic rings. The van der Waals surface area contributed by atoms with E-state index in [2.05, 4.69) is 65.8 Å². The maximum Gasteiger partial charge on any atom is 0.156 e. The summed E-state index contributed by atoms with van der Waals surface area (Å²) in [5.74, 6) is 3.81. The van der Waals surface area contributed by atoms with Crippen molar-refractivity contribution in [2.24, 2.45) is 40.4 Å². The third kappa shape index (κ3) is 3.33. The van der Waals surface area contributed by atoms with Crippen molar-refractivity contribution >= 4 is 5.78 Å². The molecule has 1 fully saturated rings. The van der Waals surface area contributed by atoms with E-state index in [4.69, 9.17) is 0 Å². The lowest BCUT2D eigenvalue weighted by Crippen LogP contribution is -2.40. The highest BCUT2D eigenvalue weighted by Gasteiger charge is 2.53. The SMILES string of the molecule is CC(C)[C@@H](C)C=C[C@@H](C)[C@H]1CC[C@H]2C3=C(CC[C@]12C)[C@@]1(C)CCC(=O)C=C1C=C3. The van der Waals surface area contributed by atoms with Crippen molar-refractivity contribution in [3.63, 3.8) is 0 Å². The Kier molecular flexibility index (Phi) is 5.33. The van der Waals surface area contributed by atoms with E-state index in [1.807, 2.05) is 6.08 Å². The first kappa shape index (κ1) is 20.9. The lowest BCUT2D eigenvalue weighted by molar-refractivity contribution is -0.115. The zero-order valence-corrected chi connectivity index (χ0v) is 19.4. The predicted octanol–water partition coefficient (Wildman–Crippen LogP) is 7.46. The Morgan fingerprint density at radius 2 is 1.76 bits per heavy atom. The molecule has 0 spiro atoms. The summed E-state index contributed by atoms with van der Waals surface area (Å²) in [7, 11) is 0. The molecule has 0 heterocycles. The Morgan fingerprint density at radius 1 is 1.00 bits per heavy atom. The van der Waals surface area contributed by atoms with Crippen LogP contribution >= 0.6 is 0 Å². The number of fused-ring (bicyclic) bond motifs is 4. The fourth-order valence-electron chi connectivity index (χ4n) is 6.92. The molecule has 29 heavy (non-hydrogen) atoms. The Bertz CT molecular complexity index is 806. The van der Waals surface area contributed by atoms with Gasteiger partial charge in [0, 0.05) is 11.8 Å². The van der Waals surface area contributed by atoms with Crippen LogP contribution in [0.1, 0.15) is 80.1 Å². The average molecular weight is 393 g/mol. The number of ketones is 1. The molecule has 0 N–H and O–H groups in total. The van der Waals surface area contributed by atoms with E-state index in [1.54, 1.807) is 11.1 Å². The van der Waals surface area contributed by atoms with Crippen molar-refractivity contribution in [1.29, 1.82) is 0 Å². The summed E-state index contributed by atoms with van der Waals surface area (Å²) >= 11 is 0. The van der Waals surface area contributed by atoms with E-state index in [0.29, 0.717) is 41.3 Å². The van der Waals surface area contributed by atoms with Gasteiger partial charge in [-0.1, -0.05) is 71.4 Å². The molecule has 0 amide bonds. The van der Waals surface area contributed by atoms with Gasteiger partial charge >= 0.3 is 0 Å². The standard InChI is InChI=1S/C28H40O/c1-18(2)19(3)7-8-20(4)24-11-12-25-23-10-9-21-17-22(29)13-15-27(21,5)26(23)14-16-28(24,25)6/h7-10,17-20,24-25H,11-16H2,1-6H3/t19-,20+,24+,25-,27-,28+/m0/s1. The highest BCUT2D eigenvalue weighted by atomic mass is 16.1. The van der Waals surface area contributed by atoms with Crippen LogP contribution in [0.5, 0.6) is 0 Å². The Morgan fingerprint density at radius 3 is 2.48 bits per heavy atom. The molecule has 158 valence electrons. The number of hydrogen-bond donors (Lipinski definition) is 0. The van der Waals surface area contributed by atoms with Gasteiger partial charge in [-0.15, -0.1) is 0 Å². The zero-order chi connectivity index (χ0) is 21.0. The summed E-state index contributed by atoms with van der Waals surface area (Å²) in [6.45, 7) is 14.4. The molecule has 1 nitrogen and oxygen atoms in total. The van der Waals surface area contributed by atoms with Crippen molar-refractivity contribution in [3.8, 4) is 0 Å². The van der Waals surface area contributed by atoms with Gasteiger partial charge in [-0.05, 0) is 84.3 Å². The second-order valence-electron chi connectivity index (χ2n) is 11.3. The molecule has 0 aromatic carbocycles. The molecule has 1 heteroatoms. The molecule has 0 aromatic rings. The van der Waals surface area contributed by atoms with Crippen LogP contribution in [0.15, 0.2) is 47.1 Å². The van der Waals surface area contributed by atoms with Gasteiger partial charge in [0.25, 0.3) is 0 Å². The molecular weight excluding hydrogens is 352 g/mol. The highest BCUT2D eigenvalue weighted by molar-refractivity contribution is 5.92. The molecule has 4 aliphatic carbocycles. The number of hydrogen-bond acceptors (Lipinski definition) is 1. The summed E-state index contributed by atoms with van der Waals surface area (Å²) in [4.78, 5) is 12.0. The van der Waals surface area contributed by atoms with Gasteiger partial charge in [0.2, 0.25) is 0 Å². The molecule has 1 saturated carbocycles. The third-order valence-corrected chi connectivity index (χ3v) is 9.39. The van der Waals surface area contributed by atoms with Crippen molar-refractivity contribution < 1.29 is 4.79 Å². The average Bonchev–Trinajstić information content (AvgIpc) is 3.03. The monoisotopic (exact) mass is 392 g/mol. The summed E-state index contributed by atoms with van der Waals surface area (Å²) in [6, 6.07) is 0. The van der Waals surface area contributed by atoms with E-state index in [-0.39, 0.29) is 5.41 Å². The quantitative estimate of drug-likeness (QED) is 0.454. The van der Waals surface area contributed by atoms with Gasteiger partial charge in [-0.3, -0.25) is 4.79 Å². The largest absolute Gasteiger partial charge is 0.295 e. The predicted molar refractivity (Wildman–Crippen MR) is 122 cm³/mol. The number of carbonyl (C=O) groups is 1. The maximum absolute atomic E-state index is 12.0. The van der Waals surface area contributed by atoms with Crippen molar-refractivity contribution in [2.75, 3.05) is 0 Å². The first-order valence-corrected chi connectivity index (χ1v) is 12.0. The van der Waals surface area contributed by atoms with Crippen LogP contribution in [0, 0.1) is 40.4 Å². The molecule has 4 rings (SSSR count). The molecule has 0 bridgehead atoms. The van der Waals surface area contributed by atoms with Crippen LogP contribution in [0.2, 0.25) is 0 Å². The second-order valence-corrected chi connectivity index (χ2v) is 11.3. The van der Waals surface area contributed by atoms with Gasteiger partial charge < -0.3 is 0 Å². The summed E-state index contributed by atoms with van der Waals surface area (Å²) in [5, 5.41) is 0. The molecule has 0 aromatic heterocycles. The lowest BCUT2D eigenvalue weighted by atomic mass is 9.54. The lowest BCUT2D eigenvalue weighted by Gasteiger charge is -2.50. The van der Waals surface area contributed by atoms with Crippen LogP contribution in [0.3, 0.4) is 0 Å². The van der Waals surface area contributed by atoms with Gasteiger partial charge in [0.05, 0.1) is 0 Å². The number of rotatable bonds is 4. The van der Waals surface area contributed by atoms with Crippen LogP contribution in [0.4, 0.5) is 0 Å². The van der Waals surface area contributed by atoms with Gasteiger partial charge in [-0.25, -0.2) is 0 Å². The fraction of sp³-hybridized carbons (Fsp3) is 0.679. The van der Waals surface area contributed by atoms with E-state index in [9.17, 15) is 4.79 Å². The van der Waals surface area contributed by atoms with Crippen LogP contribution in [-0.2, 0) is 4.79 Å². The minimum absolute atomic E-state index is 0.107. The van der Waals surface area contributed by atoms with Gasteiger partial charge in [0.15, 0.2) is 5.78 Å². The number of carbonyl (C=O) groups excluding carboxylic acids is 1. The molecule has 6 atom stereocenters. The first-order valence-electron chi connectivity index (χ1n) is 12.0. The van der Waals surface area contributed by atoms with Crippen molar-refractivity contribution in [3.05, 3.63) is 47.1 Å². The van der Waals surface area contributed by atoms with Crippen LogP contribution < -0.4 is 0 Å². The highest BCUT2D eigenvalue weighted by Crippen LogP contribution is 2.63. The van der Waals surface area contributed by atoms with E-state index in [0.717, 1.165) is 12.3 Å². The van der Waals surface area contributed by atoms with Crippen LogP contribution in [-0.4, -0.2) is 5.78 Å². The Hall–Kier alpha value is -1.37. The molecule has 0 unspecified atom stereocenters. The van der Waals surface area contributed by atoms with Crippen molar-refractivity contribution in [1.82, 2.24) is 0 Å². The summed E-state index contributed by atoms with van der Waals surface area (Å²) in [5.41, 5.74) is 5.09.